The normalized spacial score (nSPS) is 43.1. The molecule has 2 heteroatoms. The average molecular weight is 267 g/mol. The van der Waals surface area contributed by atoms with Gasteiger partial charge >= 0.3 is 0 Å². The van der Waals surface area contributed by atoms with Gasteiger partial charge in [-0.1, -0.05) is 34.1 Å². The minimum atomic E-state index is 0.417. The predicted octanol–water partition coefficient (Wildman–Crippen LogP) is 3.98. The maximum atomic E-state index is 6.53. The Morgan fingerprint density at radius 2 is 1.79 bits per heavy atom. The van der Waals surface area contributed by atoms with Gasteiger partial charge in [-0.2, -0.15) is 0 Å². The van der Waals surface area contributed by atoms with Crippen molar-refractivity contribution in [3.63, 3.8) is 0 Å². The van der Waals surface area contributed by atoms with E-state index in [0.717, 1.165) is 18.4 Å². The van der Waals surface area contributed by atoms with Crippen LogP contribution in [0.5, 0.6) is 0 Å². The van der Waals surface area contributed by atoms with Gasteiger partial charge in [0.2, 0.25) is 0 Å². The van der Waals surface area contributed by atoms with Gasteiger partial charge in [-0.15, -0.1) is 0 Å². The fraction of sp³-hybridized carbons (Fsp3) is 1.00. The van der Waals surface area contributed by atoms with Crippen LogP contribution in [0.1, 0.15) is 66.2 Å². The van der Waals surface area contributed by atoms with Gasteiger partial charge in [-0.3, -0.25) is 0 Å². The number of hydrogen-bond acceptors (Lipinski definition) is 2. The van der Waals surface area contributed by atoms with Crippen molar-refractivity contribution in [2.75, 3.05) is 6.54 Å². The van der Waals surface area contributed by atoms with Crippen LogP contribution in [0, 0.1) is 23.2 Å². The van der Waals surface area contributed by atoms with Gasteiger partial charge in [0.15, 0.2) is 0 Å². The summed E-state index contributed by atoms with van der Waals surface area (Å²) in [6.45, 7) is 10.3. The number of nitrogens with two attached hydrogens (primary N) is 1. The van der Waals surface area contributed by atoms with Gasteiger partial charge < -0.3 is 10.5 Å². The van der Waals surface area contributed by atoms with Crippen molar-refractivity contribution in [3.8, 4) is 0 Å². The van der Waals surface area contributed by atoms with E-state index < -0.39 is 0 Å². The molecule has 0 aromatic heterocycles. The van der Waals surface area contributed by atoms with E-state index >= 15 is 0 Å². The molecule has 0 saturated heterocycles. The fourth-order valence-corrected chi connectivity index (χ4v) is 4.44. The van der Waals surface area contributed by atoms with Crippen LogP contribution in [0.25, 0.3) is 0 Å². The van der Waals surface area contributed by atoms with Gasteiger partial charge in [0.05, 0.1) is 12.2 Å². The number of rotatable bonds is 3. The molecule has 0 bridgehead atoms. The fourth-order valence-electron chi connectivity index (χ4n) is 4.44. The first-order valence-corrected chi connectivity index (χ1v) is 8.25. The lowest BCUT2D eigenvalue weighted by molar-refractivity contribution is -0.102. The van der Waals surface area contributed by atoms with Crippen molar-refractivity contribution in [2.24, 2.45) is 28.9 Å². The first-order chi connectivity index (χ1) is 8.89. The van der Waals surface area contributed by atoms with Crippen LogP contribution in [0.15, 0.2) is 0 Å². The van der Waals surface area contributed by atoms with E-state index in [1.54, 1.807) is 0 Å². The Morgan fingerprint density at radius 3 is 2.42 bits per heavy atom. The highest BCUT2D eigenvalue weighted by atomic mass is 16.5. The highest BCUT2D eigenvalue weighted by Crippen LogP contribution is 2.41. The molecule has 0 aromatic rings. The second-order valence-electron chi connectivity index (χ2n) is 8.12. The molecule has 5 unspecified atom stereocenters. The quantitative estimate of drug-likeness (QED) is 0.839. The minimum Gasteiger partial charge on any atom is -0.375 e. The molecule has 0 heterocycles. The Bertz CT molecular complexity index is 289. The summed E-state index contributed by atoms with van der Waals surface area (Å²) in [6, 6.07) is 0. The van der Waals surface area contributed by atoms with Crippen molar-refractivity contribution in [2.45, 2.75) is 78.4 Å². The molecule has 2 fully saturated rings. The topological polar surface area (TPSA) is 35.2 Å². The molecule has 19 heavy (non-hydrogen) atoms. The lowest BCUT2D eigenvalue weighted by Gasteiger charge is -2.43. The first kappa shape index (κ1) is 15.3. The third-order valence-corrected chi connectivity index (χ3v) is 5.21. The zero-order valence-electron chi connectivity index (χ0n) is 13.3. The van der Waals surface area contributed by atoms with Crippen LogP contribution in [0.2, 0.25) is 0 Å². The Kier molecular flexibility index (Phi) is 4.94. The maximum absolute atomic E-state index is 6.53. The van der Waals surface area contributed by atoms with Gasteiger partial charge in [-0.05, 0) is 61.8 Å². The highest BCUT2D eigenvalue weighted by Gasteiger charge is 2.36. The van der Waals surface area contributed by atoms with E-state index in [4.69, 9.17) is 10.5 Å². The molecule has 2 nitrogen and oxygen atoms in total. The molecule has 2 aliphatic carbocycles. The lowest BCUT2D eigenvalue weighted by atomic mass is 9.71. The molecule has 2 saturated carbocycles. The smallest absolute Gasteiger partial charge is 0.0621 e. The Morgan fingerprint density at radius 1 is 1.05 bits per heavy atom. The number of ether oxygens (including phenoxy) is 1. The molecule has 2 rings (SSSR count). The monoisotopic (exact) mass is 267 g/mol. The summed E-state index contributed by atoms with van der Waals surface area (Å²) in [5.74, 6) is 2.20. The van der Waals surface area contributed by atoms with E-state index in [2.05, 4.69) is 27.7 Å². The standard InChI is InChI=1S/C17H33NO/c1-12-5-6-14(11-18)16(8-12)19-15-7-13(2)9-17(3,4)10-15/h12-16H,5-11,18H2,1-4H3. The lowest BCUT2D eigenvalue weighted by Crippen LogP contribution is -2.41. The second-order valence-corrected chi connectivity index (χ2v) is 8.12. The summed E-state index contributed by atoms with van der Waals surface area (Å²) in [5, 5.41) is 0. The van der Waals surface area contributed by atoms with Gasteiger partial charge in [0, 0.05) is 0 Å². The van der Waals surface area contributed by atoms with E-state index in [0.29, 0.717) is 23.5 Å². The van der Waals surface area contributed by atoms with Crippen molar-refractivity contribution in [3.05, 3.63) is 0 Å². The van der Waals surface area contributed by atoms with Crippen molar-refractivity contribution in [1.82, 2.24) is 0 Å². The van der Waals surface area contributed by atoms with Crippen LogP contribution in [0.4, 0.5) is 0 Å². The highest BCUT2D eigenvalue weighted by molar-refractivity contribution is 4.86. The van der Waals surface area contributed by atoms with Crippen molar-refractivity contribution >= 4 is 0 Å². The third kappa shape index (κ3) is 4.19. The summed E-state index contributed by atoms with van der Waals surface area (Å²) in [5.41, 5.74) is 6.39. The molecule has 112 valence electrons. The SMILES string of the molecule is CC1CCC(CN)C(OC2CC(C)CC(C)(C)C2)C1. The zero-order chi connectivity index (χ0) is 14.0. The Balaban J connectivity index is 1.94. The molecule has 2 aliphatic rings. The molecule has 5 atom stereocenters. The second kappa shape index (κ2) is 6.13. The first-order valence-electron chi connectivity index (χ1n) is 8.25. The maximum Gasteiger partial charge on any atom is 0.0621 e. The largest absolute Gasteiger partial charge is 0.375 e. The van der Waals surface area contributed by atoms with Crippen LogP contribution < -0.4 is 5.73 Å². The van der Waals surface area contributed by atoms with Crippen molar-refractivity contribution < 1.29 is 4.74 Å². The Labute approximate surface area is 119 Å². The third-order valence-electron chi connectivity index (χ3n) is 5.21. The van der Waals surface area contributed by atoms with Gasteiger partial charge in [0.25, 0.3) is 0 Å². The van der Waals surface area contributed by atoms with Crippen molar-refractivity contribution in [1.29, 1.82) is 0 Å². The van der Waals surface area contributed by atoms with Gasteiger partial charge in [0.1, 0.15) is 0 Å². The summed E-state index contributed by atoms with van der Waals surface area (Å²) < 4.78 is 6.53. The van der Waals surface area contributed by atoms with Crippen LogP contribution in [-0.2, 0) is 4.74 Å². The van der Waals surface area contributed by atoms with E-state index in [1.165, 1.54) is 38.5 Å². The molecule has 0 spiro atoms. The zero-order valence-corrected chi connectivity index (χ0v) is 13.3. The summed E-state index contributed by atoms with van der Waals surface area (Å²) in [7, 11) is 0. The summed E-state index contributed by atoms with van der Waals surface area (Å²) in [6.07, 6.45) is 8.48. The minimum absolute atomic E-state index is 0.417. The summed E-state index contributed by atoms with van der Waals surface area (Å²) in [4.78, 5) is 0. The van der Waals surface area contributed by atoms with E-state index in [1.807, 2.05) is 0 Å². The van der Waals surface area contributed by atoms with Gasteiger partial charge in [-0.25, -0.2) is 0 Å². The van der Waals surface area contributed by atoms with Crippen LogP contribution in [-0.4, -0.2) is 18.8 Å². The molecule has 0 radical (unpaired) electrons. The predicted molar refractivity (Wildman–Crippen MR) is 81.0 cm³/mol. The Hall–Kier alpha value is -0.0800. The molecule has 0 aliphatic heterocycles. The number of hydrogen-bond donors (Lipinski definition) is 1. The van der Waals surface area contributed by atoms with E-state index in [9.17, 15) is 0 Å². The van der Waals surface area contributed by atoms with Crippen LogP contribution in [0.3, 0.4) is 0 Å². The molecule has 0 aromatic carbocycles. The molecule has 2 N–H and O–H groups in total. The molecular formula is C17H33NO. The average Bonchev–Trinajstić information content (AvgIpc) is 2.26. The molecule has 0 amide bonds. The summed E-state index contributed by atoms with van der Waals surface area (Å²) >= 11 is 0. The van der Waals surface area contributed by atoms with Crippen LogP contribution >= 0.6 is 0 Å². The van der Waals surface area contributed by atoms with E-state index in [-0.39, 0.29) is 0 Å². The molecular weight excluding hydrogens is 234 g/mol.